The second kappa shape index (κ2) is 4.03. The molecule has 3 heteroatoms. The Balaban J connectivity index is 2.36. The maximum atomic E-state index is 12.9. The van der Waals surface area contributed by atoms with E-state index in [-0.39, 0.29) is 11.9 Å². The molecule has 0 aliphatic heterocycles. The first-order valence-corrected chi connectivity index (χ1v) is 5.21. The third-order valence-electron chi connectivity index (χ3n) is 2.74. The molecule has 15 heavy (non-hydrogen) atoms. The summed E-state index contributed by atoms with van der Waals surface area (Å²) in [5, 5.41) is 1.07. The maximum absolute atomic E-state index is 12.9. The Kier molecular flexibility index (Phi) is 2.73. The SMILES string of the molecule is CCC(N)Cc1c[nH]c2cc(F)ccc12. The summed E-state index contributed by atoms with van der Waals surface area (Å²) in [4.78, 5) is 3.06. The van der Waals surface area contributed by atoms with Gasteiger partial charge < -0.3 is 10.7 Å². The van der Waals surface area contributed by atoms with Gasteiger partial charge in [0.1, 0.15) is 5.82 Å². The number of hydrogen-bond donors (Lipinski definition) is 2. The Morgan fingerprint density at radius 2 is 2.27 bits per heavy atom. The van der Waals surface area contributed by atoms with Crippen LogP contribution in [0.2, 0.25) is 0 Å². The fourth-order valence-corrected chi connectivity index (χ4v) is 1.75. The van der Waals surface area contributed by atoms with Crippen molar-refractivity contribution in [3.63, 3.8) is 0 Å². The maximum Gasteiger partial charge on any atom is 0.125 e. The molecule has 0 aliphatic carbocycles. The fourth-order valence-electron chi connectivity index (χ4n) is 1.75. The summed E-state index contributed by atoms with van der Waals surface area (Å²) < 4.78 is 12.9. The highest BCUT2D eigenvalue weighted by atomic mass is 19.1. The molecule has 0 aliphatic rings. The zero-order chi connectivity index (χ0) is 10.8. The van der Waals surface area contributed by atoms with Crippen LogP contribution in [0, 0.1) is 5.82 Å². The quantitative estimate of drug-likeness (QED) is 0.796. The van der Waals surface area contributed by atoms with Crippen LogP contribution in [0.4, 0.5) is 4.39 Å². The van der Waals surface area contributed by atoms with E-state index >= 15 is 0 Å². The number of benzene rings is 1. The van der Waals surface area contributed by atoms with Gasteiger partial charge in [0.2, 0.25) is 0 Å². The highest BCUT2D eigenvalue weighted by molar-refractivity contribution is 5.83. The van der Waals surface area contributed by atoms with Gasteiger partial charge in [-0.25, -0.2) is 4.39 Å². The lowest BCUT2D eigenvalue weighted by molar-refractivity contribution is 0.629. The molecule has 3 N–H and O–H groups in total. The summed E-state index contributed by atoms with van der Waals surface area (Å²) >= 11 is 0. The van der Waals surface area contributed by atoms with E-state index in [0.717, 1.165) is 23.7 Å². The molecule has 0 spiro atoms. The number of aromatic amines is 1. The average Bonchev–Trinajstić information content (AvgIpc) is 2.60. The number of hydrogen-bond acceptors (Lipinski definition) is 1. The summed E-state index contributed by atoms with van der Waals surface area (Å²) in [6.45, 7) is 2.07. The molecular formula is C12H15FN2. The van der Waals surface area contributed by atoms with Crippen LogP contribution in [-0.2, 0) is 6.42 Å². The Morgan fingerprint density at radius 1 is 1.47 bits per heavy atom. The van der Waals surface area contributed by atoms with Gasteiger partial charge in [-0.15, -0.1) is 0 Å². The van der Waals surface area contributed by atoms with Crippen molar-refractivity contribution in [1.82, 2.24) is 4.98 Å². The van der Waals surface area contributed by atoms with Crippen LogP contribution in [0.1, 0.15) is 18.9 Å². The van der Waals surface area contributed by atoms with Gasteiger partial charge in [0.25, 0.3) is 0 Å². The number of nitrogens with two attached hydrogens (primary N) is 1. The van der Waals surface area contributed by atoms with Gasteiger partial charge >= 0.3 is 0 Å². The van der Waals surface area contributed by atoms with Gasteiger partial charge in [-0.05, 0) is 36.6 Å². The van der Waals surface area contributed by atoms with Gasteiger partial charge in [-0.2, -0.15) is 0 Å². The molecule has 1 heterocycles. The third-order valence-corrected chi connectivity index (χ3v) is 2.74. The summed E-state index contributed by atoms with van der Waals surface area (Å²) in [6.07, 6.45) is 3.70. The molecule has 0 bridgehead atoms. The van der Waals surface area contributed by atoms with Crippen LogP contribution in [0.3, 0.4) is 0 Å². The van der Waals surface area contributed by atoms with Crippen molar-refractivity contribution in [1.29, 1.82) is 0 Å². The highest BCUT2D eigenvalue weighted by Crippen LogP contribution is 2.20. The van der Waals surface area contributed by atoms with E-state index < -0.39 is 0 Å². The van der Waals surface area contributed by atoms with Gasteiger partial charge in [0.05, 0.1) is 0 Å². The largest absolute Gasteiger partial charge is 0.361 e. The number of fused-ring (bicyclic) bond motifs is 1. The van der Waals surface area contributed by atoms with Crippen molar-refractivity contribution in [2.24, 2.45) is 5.73 Å². The summed E-state index contributed by atoms with van der Waals surface area (Å²) in [5.41, 5.74) is 7.90. The number of aromatic nitrogens is 1. The number of nitrogens with one attached hydrogen (secondary N) is 1. The van der Waals surface area contributed by atoms with Crippen molar-refractivity contribution >= 4 is 10.9 Å². The minimum atomic E-state index is -0.212. The Hall–Kier alpha value is -1.35. The predicted octanol–water partition coefficient (Wildman–Crippen LogP) is 2.59. The topological polar surface area (TPSA) is 41.8 Å². The lowest BCUT2D eigenvalue weighted by Crippen LogP contribution is -2.21. The van der Waals surface area contributed by atoms with Crippen LogP contribution in [0.15, 0.2) is 24.4 Å². The van der Waals surface area contributed by atoms with Crippen molar-refractivity contribution in [3.8, 4) is 0 Å². The first-order chi connectivity index (χ1) is 7.20. The molecule has 0 radical (unpaired) electrons. The second-order valence-electron chi connectivity index (χ2n) is 3.88. The van der Waals surface area contributed by atoms with Crippen LogP contribution in [0.25, 0.3) is 10.9 Å². The molecule has 1 atom stereocenters. The normalized spacial score (nSPS) is 13.3. The van der Waals surface area contributed by atoms with Crippen LogP contribution in [0.5, 0.6) is 0 Å². The molecule has 2 nitrogen and oxygen atoms in total. The summed E-state index contributed by atoms with van der Waals surface area (Å²) in [6, 6.07) is 4.97. The minimum absolute atomic E-state index is 0.175. The molecule has 0 saturated heterocycles. The zero-order valence-corrected chi connectivity index (χ0v) is 8.76. The second-order valence-corrected chi connectivity index (χ2v) is 3.88. The van der Waals surface area contributed by atoms with E-state index in [9.17, 15) is 4.39 Å². The van der Waals surface area contributed by atoms with Crippen molar-refractivity contribution in [2.45, 2.75) is 25.8 Å². The number of rotatable bonds is 3. The third kappa shape index (κ3) is 2.02. The monoisotopic (exact) mass is 206 g/mol. The average molecular weight is 206 g/mol. The fraction of sp³-hybridized carbons (Fsp3) is 0.333. The zero-order valence-electron chi connectivity index (χ0n) is 8.76. The Morgan fingerprint density at radius 3 is 3.00 bits per heavy atom. The molecule has 80 valence electrons. The number of H-pyrrole nitrogens is 1. The molecular weight excluding hydrogens is 191 g/mol. The first kappa shape index (κ1) is 10.2. The lowest BCUT2D eigenvalue weighted by atomic mass is 10.0. The summed E-state index contributed by atoms with van der Waals surface area (Å²) in [5.74, 6) is -0.212. The molecule has 1 aromatic carbocycles. The van der Waals surface area contributed by atoms with Crippen molar-refractivity contribution in [2.75, 3.05) is 0 Å². The Labute approximate surface area is 88.3 Å². The summed E-state index contributed by atoms with van der Waals surface area (Å²) in [7, 11) is 0. The smallest absolute Gasteiger partial charge is 0.125 e. The molecule has 2 aromatic rings. The lowest BCUT2D eigenvalue weighted by Gasteiger charge is -2.06. The van der Waals surface area contributed by atoms with E-state index in [1.165, 1.54) is 17.7 Å². The molecule has 0 amide bonds. The van der Waals surface area contributed by atoms with E-state index in [4.69, 9.17) is 5.73 Å². The van der Waals surface area contributed by atoms with Gasteiger partial charge in [0, 0.05) is 23.1 Å². The van der Waals surface area contributed by atoms with E-state index in [2.05, 4.69) is 11.9 Å². The van der Waals surface area contributed by atoms with Crippen LogP contribution < -0.4 is 5.73 Å². The van der Waals surface area contributed by atoms with Gasteiger partial charge in [-0.3, -0.25) is 0 Å². The molecule has 1 aromatic heterocycles. The van der Waals surface area contributed by atoms with Crippen molar-refractivity contribution in [3.05, 3.63) is 35.8 Å². The minimum Gasteiger partial charge on any atom is -0.361 e. The van der Waals surface area contributed by atoms with E-state index in [1.54, 1.807) is 6.07 Å². The highest BCUT2D eigenvalue weighted by Gasteiger charge is 2.07. The molecule has 2 rings (SSSR count). The van der Waals surface area contributed by atoms with Gasteiger partial charge in [-0.1, -0.05) is 6.92 Å². The Bertz CT molecular complexity index is 462. The number of halogens is 1. The van der Waals surface area contributed by atoms with E-state index in [0.29, 0.717) is 0 Å². The van der Waals surface area contributed by atoms with E-state index in [1.807, 2.05) is 6.20 Å². The van der Waals surface area contributed by atoms with Crippen LogP contribution >= 0.6 is 0 Å². The predicted molar refractivity (Wildman–Crippen MR) is 60.2 cm³/mol. The standard InChI is InChI=1S/C12H15FN2/c1-2-10(14)5-8-7-15-12-6-9(13)3-4-11(8)12/h3-4,6-7,10,15H,2,5,14H2,1H3. The van der Waals surface area contributed by atoms with Crippen LogP contribution in [-0.4, -0.2) is 11.0 Å². The molecule has 0 saturated carbocycles. The first-order valence-electron chi connectivity index (χ1n) is 5.21. The van der Waals surface area contributed by atoms with Gasteiger partial charge in [0.15, 0.2) is 0 Å². The molecule has 1 unspecified atom stereocenters. The van der Waals surface area contributed by atoms with Crippen molar-refractivity contribution < 1.29 is 4.39 Å². The molecule has 0 fully saturated rings.